The molecule has 0 bridgehead atoms. The molecule has 2 unspecified atom stereocenters. The van der Waals surface area contributed by atoms with Gasteiger partial charge in [-0.2, -0.15) is 0 Å². The Kier molecular flexibility index (Phi) is 6.53. The van der Waals surface area contributed by atoms with Crippen molar-refractivity contribution in [2.24, 2.45) is 5.92 Å². The SMILES string of the molecule is COc1ccc([C@@H]2C[C@H]2NCC2CCN(C(=O)OCc3ccccc3)C(F)C2)cc1. The molecule has 2 fully saturated rings. The summed E-state index contributed by atoms with van der Waals surface area (Å²) >= 11 is 0. The van der Waals surface area contributed by atoms with E-state index in [1.54, 1.807) is 7.11 Å². The molecule has 5 nitrogen and oxygen atoms in total. The highest BCUT2D eigenvalue weighted by Crippen LogP contribution is 2.41. The molecular formula is C24H29FN2O3. The van der Waals surface area contributed by atoms with Gasteiger partial charge in [-0.15, -0.1) is 0 Å². The van der Waals surface area contributed by atoms with Gasteiger partial charge in [0.15, 0.2) is 6.30 Å². The smallest absolute Gasteiger partial charge is 0.412 e. The van der Waals surface area contributed by atoms with E-state index in [1.807, 2.05) is 42.5 Å². The van der Waals surface area contributed by atoms with E-state index in [-0.39, 0.29) is 12.5 Å². The third-order valence-corrected chi connectivity index (χ3v) is 6.09. The first-order valence-corrected chi connectivity index (χ1v) is 10.6. The summed E-state index contributed by atoms with van der Waals surface area (Å²) in [7, 11) is 1.67. The number of methoxy groups -OCH3 is 1. The number of carbonyl (C=O) groups is 1. The summed E-state index contributed by atoms with van der Waals surface area (Å²) in [5, 5.41) is 3.58. The number of ether oxygens (including phenoxy) is 2. The van der Waals surface area contributed by atoms with E-state index in [9.17, 15) is 9.18 Å². The van der Waals surface area contributed by atoms with Crippen LogP contribution in [0.15, 0.2) is 54.6 Å². The first-order valence-electron chi connectivity index (χ1n) is 10.6. The highest BCUT2D eigenvalue weighted by molar-refractivity contribution is 5.68. The van der Waals surface area contributed by atoms with Gasteiger partial charge < -0.3 is 14.8 Å². The Hall–Kier alpha value is -2.60. The molecule has 160 valence electrons. The minimum absolute atomic E-state index is 0.169. The van der Waals surface area contributed by atoms with Gasteiger partial charge in [-0.05, 0) is 48.6 Å². The molecule has 1 heterocycles. The molecule has 1 N–H and O–H groups in total. The van der Waals surface area contributed by atoms with Gasteiger partial charge in [0.05, 0.1) is 7.11 Å². The number of likely N-dealkylation sites (tertiary alicyclic amines) is 1. The molecule has 4 atom stereocenters. The molecule has 1 aliphatic carbocycles. The predicted octanol–water partition coefficient (Wildman–Crippen LogP) is 4.49. The first kappa shape index (κ1) is 20.7. The number of rotatable bonds is 7. The summed E-state index contributed by atoms with van der Waals surface area (Å²) in [6.45, 7) is 1.35. The Morgan fingerprint density at radius 2 is 1.90 bits per heavy atom. The molecular weight excluding hydrogens is 383 g/mol. The molecule has 6 heteroatoms. The number of hydrogen-bond acceptors (Lipinski definition) is 4. The van der Waals surface area contributed by atoms with E-state index < -0.39 is 12.4 Å². The van der Waals surface area contributed by atoms with Gasteiger partial charge in [0, 0.05) is 24.9 Å². The standard InChI is InChI=1S/C24H29FN2O3/c1-29-20-9-7-19(8-10-20)21-14-22(21)26-15-18-11-12-27(23(25)13-18)24(28)30-16-17-5-3-2-4-6-17/h2-10,18,21-23,26H,11-16H2,1H3/t18?,21-,22+,23?/m0/s1. The Labute approximate surface area is 177 Å². The van der Waals surface area contributed by atoms with Gasteiger partial charge in [0.2, 0.25) is 0 Å². The van der Waals surface area contributed by atoms with Crippen LogP contribution in [0.1, 0.15) is 36.3 Å². The summed E-state index contributed by atoms with van der Waals surface area (Å²) in [5.41, 5.74) is 2.21. The summed E-state index contributed by atoms with van der Waals surface area (Å²) in [5.74, 6) is 1.62. The van der Waals surface area contributed by atoms with Crippen LogP contribution in [0.3, 0.4) is 0 Å². The number of halogens is 1. The molecule has 2 aliphatic rings. The van der Waals surface area contributed by atoms with Crippen molar-refractivity contribution in [3.63, 3.8) is 0 Å². The normalized spacial score (nSPS) is 25.6. The van der Waals surface area contributed by atoms with Crippen LogP contribution < -0.4 is 10.1 Å². The zero-order valence-electron chi connectivity index (χ0n) is 17.3. The van der Waals surface area contributed by atoms with Crippen LogP contribution in [0, 0.1) is 5.92 Å². The monoisotopic (exact) mass is 412 g/mol. The van der Waals surface area contributed by atoms with Crippen molar-refractivity contribution < 1.29 is 18.7 Å². The van der Waals surface area contributed by atoms with E-state index in [1.165, 1.54) is 10.5 Å². The minimum Gasteiger partial charge on any atom is -0.497 e. The number of nitrogens with one attached hydrogen (secondary N) is 1. The van der Waals surface area contributed by atoms with Gasteiger partial charge in [0.1, 0.15) is 12.4 Å². The summed E-state index contributed by atoms with van der Waals surface area (Å²) < 4.78 is 25.1. The van der Waals surface area contributed by atoms with E-state index in [0.29, 0.717) is 24.9 Å². The first-order chi connectivity index (χ1) is 14.6. The molecule has 1 saturated heterocycles. The number of amides is 1. The lowest BCUT2D eigenvalue weighted by Crippen LogP contribution is -2.46. The molecule has 1 saturated carbocycles. The van der Waals surface area contributed by atoms with Gasteiger partial charge in [-0.1, -0.05) is 42.5 Å². The lowest BCUT2D eigenvalue weighted by Gasteiger charge is -2.34. The Morgan fingerprint density at radius 1 is 1.13 bits per heavy atom. The quantitative estimate of drug-likeness (QED) is 0.681. The highest BCUT2D eigenvalue weighted by Gasteiger charge is 2.39. The zero-order chi connectivity index (χ0) is 20.9. The largest absolute Gasteiger partial charge is 0.497 e. The lowest BCUT2D eigenvalue weighted by molar-refractivity contribution is 0.00934. The van der Waals surface area contributed by atoms with Crippen LogP contribution in [-0.2, 0) is 11.3 Å². The number of alkyl halides is 1. The molecule has 1 aliphatic heterocycles. The Balaban J connectivity index is 1.18. The third-order valence-electron chi connectivity index (χ3n) is 6.09. The Bertz CT molecular complexity index is 830. The summed E-state index contributed by atoms with van der Waals surface area (Å²) in [4.78, 5) is 13.5. The second kappa shape index (κ2) is 9.47. The number of nitrogens with zero attached hydrogens (tertiary/aromatic N) is 1. The van der Waals surface area contributed by atoms with E-state index in [2.05, 4.69) is 17.4 Å². The average Bonchev–Trinajstić information content (AvgIpc) is 3.56. The molecule has 0 aromatic heterocycles. The van der Waals surface area contributed by atoms with E-state index in [0.717, 1.165) is 30.7 Å². The number of piperidine rings is 1. The van der Waals surface area contributed by atoms with E-state index >= 15 is 0 Å². The van der Waals surface area contributed by atoms with Crippen molar-refractivity contribution in [3.8, 4) is 5.75 Å². The maximum Gasteiger partial charge on any atom is 0.412 e. The van der Waals surface area contributed by atoms with Crippen LogP contribution in [0.4, 0.5) is 9.18 Å². The van der Waals surface area contributed by atoms with Crippen LogP contribution in [0.25, 0.3) is 0 Å². The van der Waals surface area contributed by atoms with Crippen LogP contribution in [-0.4, -0.2) is 43.5 Å². The predicted molar refractivity (Wildman–Crippen MR) is 113 cm³/mol. The average molecular weight is 413 g/mol. The van der Waals surface area contributed by atoms with E-state index in [4.69, 9.17) is 9.47 Å². The van der Waals surface area contributed by atoms with Gasteiger partial charge in [-0.25, -0.2) is 9.18 Å². The second-order valence-electron chi connectivity index (χ2n) is 8.19. The van der Waals surface area contributed by atoms with Crippen LogP contribution in [0.5, 0.6) is 5.75 Å². The maximum atomic E-state index is 14.6. The minimum atomic E-state index is -1.29. The van der Waals surface area contributed by atoms with Crippen molar-refractivity contribution in [3.05, 3.63) is 65.7 Å². The summed E-state index contributed by atoms with van der Waals surface area (Å²) in [6, 6.07) is 18.1. The summed E-state index contributed by atoms with van der Waals surface area (Å²) in [6.07, 6.45) is 0.391. The second-order valence-corrected chi connectivity index (χ2v) is 8.19. The van der Waals surface area contributed by atoms with Crippen molar-refractivity contribution in [2.45, 2.75) is 44.1 Å². The van der Waals surface area contributed by atoms with Crippen molar-refractivity contribution in [2.75, 3.05) is 20.2 Å². The Morgan fingerprint density at radius 3 is 2.60 bits per heavy atom. The molecule has 1 amide bonds. The number of carbonyl (C=O) groups excluding carboxylic acids is 1. The number of benzene rings is 2. The van der Waals surface area contributed by atoms with Gasteiger partial charge in [-0.3, -0.25) is 4.90 Å². The molecule has 0 spiro atoms. The van der Waals surface area contributed by atoms with Crippen LogP contribution in [0.2, 0.25) is 0 Å². The molecule has 4 rings (SSSR count). The van der Waals surface area contributed by atoms with Crippen molar-refractivity contribution in [1.82, 2.24) is 10.2 Å². The maximum absolute atomic E-state index is 14.6. The van der Waals surface area contributed by atoms with Gasteiger partial charge >= 0.3 is 6.09 Å². The fraction of sp³-hybridized carbons (Fsp3) is 0.458. The highest BCUT2D eigenvalue weighted by atomic mass is 19.1. The fourth-order valence-electron chi connectivity index (χ4n) is 4.13. The van der Waals surface area contributed by atoms with Crippen molar-refractivity contribution >= 4 is 6.09 Å². The van der Waals surface area contributed by atoms with Crippen LogP contribution >= 0.6 is 0 Å². The zero-order valence-corrected chi connectivity index (χ0v) is 17.3. The third kappa shape index (κ3) is 5.11. The molecule has 30 heavy (non-hydrogen) atoms. The van der Waals surface area contributed by atoms with Crippen molar-refractivity contribution in [1.29, 1.82) is 0 Å². The molecule has 0 radical (unpaired) electrons. The van der Waals surface area contributed by atoms with Gasteiger partial charge in [0.25, 0.3) is 0 Å². The molecule has 2 aromatic rings. The topological polar surface area (TPSA) is 50.8 Å². The molecule has 2 aromatic carbocycles. The number of hydrogen-bond donors (Lipinski definition) is 1. The fourth-order valence-corrected chi connectivity index (χ4v) is 4.13. The lowest BCUT2D eigenvalue weighted by atomic mass is 9.96.